The highest BCUT2D eigenvalue weighted by molar-refractivity contribution is 6.22. The molecule has 1 nitrogen and oxygen atoms in total. The van der Waals surface area contributed by atoms with Gasteiger partial charge in [-0.05, 0) is 85.5 Å². The minimum atomic E-state index is 0.638. The lowest BCUT2D eigenvalue weighted by atomic mass is 9.82. The van der Waals surface area contributed by atoms with E-state index in [1.165, 1.54) is 61.0 Å². The molecule has 0 saturated carbocycles. The van der Waals surface area contributed by atoms with Crippen LogP contribution in [0.5, 0.6) is 0 Å². The van der Waals surface area contributed by atoms with Crippen LogP contribution in [-0.4, -0.2) is 4.98 Å². The van der Waals surface area contributed by atoms with Gasteiger partial charge in [-0.15, -0.1) is 0 Å². The van der Waals surface area contributed by atoms with Gasteiger partial charge in [-0.1, -0.05) is 116 Å². The van der Waals surface area contributed by atoms with Crippen molar-refractivity contribution in [2.45, 2.75) is 19.8 Å². The summed E-state index contributed by atoms with van der Waals surface area (Å²) in [6.07, 6.45) is 11.3. The van der Waals surface area contributed by atoms with Gasteiger partial charge in [0.2, 0.25) is 0 Å². The molecule has 7 rings (SSSR count). The first-order valence-corrected chi connectivity index (χ1v) is 13.6. The molecule has 1 aromatic heterocycles. The first kappa shape index (κ1) is 22.7. The highest BCUT2D eigenvalue weighted by Gasteiger charge is 2.20. The Kier molecular flexibility index (Phi) is 5.63. The third kappa shape index (κ3) is 3.66. The van der Waals surface area contributed by atoms with Crippen molar-refractivity contribution in [1.29, 1.82) is 0 Å². The number of aromatic nitrogens is 1. The molecular formula is C37H29N. The Hall–Kier alpha value is -4.49. The number of allylic oxidation sites excluding steroid dienone is 4. The van der Waals surface area contributed by atoms with Crippen LogP contribution in [0, 0.1) is 5.92 Å². The molecule has 0 spiro atoms. The summed E-state index contributed by atoms with van der Waals surface area (Å²) in [4.78, 5) is 4.66. The molecule has 0 saturated heterocycles. The second-order valence-electron chi connectivity index (χ2n) is 10.2. The van der Waals surface area contributed by atoms with Crippen molar-refractivity contribution in [3.8, 4) is 22.4 Å². The zero-order chi connectivity index (χ0) is 25.5. The quantitative estimate of drug-likeness (QED) is 0.225. The number of hydrogen-bond acceptors (Lipinski definition) is 1. The molecule has 0 fully saturated rings. The second-order valence-corrected chi connectivity index (χ2v) is 10.2. The first-order chi connectivity index (χ1) is 18.8. The monoisotopic (exact) mass is 487 g/mol. The van der Waals surface area contributed by atoms with Gasteiger partial charge in [0, 0.05) is 11.8 Å². The predicted molar refractivity (Wildman–Crippen MR) is 163 cm³/mol. The van der Waals surface area contributed by atoms with Crippen LogP contribution in [0.15, 0.2) is 128 Å². The Morgan fingerprint density at radius 3 is 1.76 bits per heavy atom. The second kappa shape index (κ2) is 9.43. The number of fused-ring (bicyclic) bond motifs is 3. The van der Waals surface area contributed by atoms with Gasteiger partial charge in [0.1, 0.15) is 0 Å². The van der Waals surface area contributed by atoms with Crippen LogP contribution in [0.25, 0.3) is 60.3 Å². The van der Waals surface area contributed by atoms with Crippen molar-refractivity contribution in [2.75, 3.05) is 0 Å². The maximum absolute atomic E-state index is 4.66. The van der Waals surface area contributed by atoms with Crippen molar-refractivity contribution in [1.82, 2.24) is 4.98 Å². The molecule has 1 heterocycles. The Bertz CT molecular complexity index is 1820. The standard InChI is InChI=1S/C37H29N/c1-2-25-20-22-26(23-21-25)36-31-11-3-5-13-33(31)37(34-14-6-4-12-32(34)36)30-18-10-15-27-28(30)16-9-17-29(27)35-19-7-8-24-38-35/h3-20,22-25H,2,21H2,1H3. The molecule has 1 unspecified atom stereocenters. The molecule has 38 heavy (non-hydrogen) atoms. The minimum absolute atomic E-state index is 0.638. The van der Waals surface area contributed by atoms with Crippen LogP contribution < -0.4 is 0 Å². The van der Waals surface area contributed by atoms with Gasteiger partial charge in [0.05, 0.1) is 5.69 Å². The summed E-state index contributed by atoms with van der Waals surface area (Å²) in [6, 6.07) is 37.3. The highest BCUT2D eigenvalue weighted by Crippen LogP contribution is 2.45. The molecule has 1 heteroatoms. The highest BCUT2D eigenvalue weighted by atomic mass is 14.7. The van der Waals surface area contributed by atoms with Crippen molar-refractivity contribution in [2.24, 2.45) is 5.92 Å². The summed E-state index contributed by atoms with van der Waals surface area (Å²) in [7, 11) is 0. The van der Waals surface area contributed by atoms with Crippen molar-refractivity contribution in [3.63, 3.8) is 0 Å². The van der Waals surface area contributed by atoms with E-state index in [0.29, 0.717) is 5.92 Å². The van der Waals surface area contributed by atoms with E-state index < -0.39 is 0 Å². The fraction of sp³-hybridized carbons (Fsp3) is 0.108. The zero-order valence-electron chi connectivity index (χ0n) is 21.6. The normalized spacial score (nSPS) is 15.3. The third-order valence-corrected chi connectivity index (χ3v) is 8.07. The number of hydrogen-bond donors (Lipinski definition) is 0. The molecule has 0 aliphatic heterocycles. The summed E-state index contributed by atoms with van der Waals surface area (Å²) in [6.45, 7) is 2.27. The first-order valence-electron chi connectivity index (χ1n) is 13.6. The average molecular weight is 488 g/mol. The largest absolute Gasteiger partial charge is 0.256 e. The average Bonchev–Trinajstić information content (AvgIpc) is 3.00. The van der Waals surface area contributed by atoms with Gasteiger partial charge in [-0.2, -0.15) is 0 Å². The Balaban J connectivity index is 1.56. The van der Waals surface area contributed by atoms with Crippen LogP contribution in [0.2, 0.25) is 0 Å². The number of nitrogens with zero attached hydrogens (tertiary/aromatic N) is 1. The molecule has 0 amide bonds. The summed E-state index contributed by atoms with van der Waals surface area (Å²) >= 11 is 0. The van der Waals surface area contributed by atoms with Crippen LogP contribution in [-0.2, 0) is 0 Å². The van der Waals surface area contributed by atoms with E-state index in [1.807, 2.05) is 12.3 Å². The number of rotatable bonds is 4. The maximum atomic E-state index is 4.66. The Morgan fingerprint density at radius 1 is 0.605 bits per heavy atom. The molecule has 1 atom stereocenters. The topological polar surface area (TPSA) is 12.9 Å². The van der Waals surface area contributed by atoms with Crippen molar-refractivity contribution >= 4 is 37.9 Å². The Labute approximate surface area is 223 Å². The lowest BCUT2D eigenvalue weighted by molar-refractivity contribution is 0.634. The predicted octanol–water partition coefficient (Wildman–Crippen LogP) is 10.2. The lowest BCUT2D eigenvalue weighted by Gasteiger charge is -2.21. The molecule has 5 aromatic carbocycles. The van der Waals surface area contributed by atoms with Gasteiger partial charge >= 0.3 is 0 Å². The van der Waals surface area contributed by atoms with Crippen LogP contribution in [0.1, 0.15) is 25.3 Å². The van der Waals surface area contributed by atoms with Crippen LogP contribution >= 0.6 is 0 Å². The van der Waals surface area contributed by atoms with Crippen LogP contribution in [0.3, 0.4) is 0 Å². The molecule has 0 radical (unpaired) electrons. The SMILES string of the molecule is CCC1C=CC(c2c3ccccc3c(-c3cccc4c(-c5ccccn5)cccc34)c3ccccc23)=CC1. The van der Waals surface area contributed by atoms with Gasteiger partial charge in [0.15, 0.2) is 0 Å². The summed E-state index contributed by atoms with van der Waals surface area (Å²) < 4.78 is 0. The smallest absolute Gasteiger partial charge is 0.0708 e. The van der Waals surface area contributed by atoms with E-state index in [2.05, 4.69) is 127 Å². The fourth-order valence-corrected chi connectivity index (χ4v) is 6.16. The molecule has 6 aromatic rings. The van der Waals surface area contributed by atoms with Gasteiger partial charge in [0.25, 0.3) is 0 Å². The van der Waals surface area contributed by atoms with E-state index in [0.717, 1.165) is 17.7 Å². The van der Waals surface area contributed by atoms with Crippen LogP contribution in [0.4, 0.5) is 0 Å². The van der Waals surface area contributed by atoms with E-state index in [9.17, 15) is 0 Å². The third-order valence-electron chi connectivity index (χ3n) is 8.07. The molecular weight excluding hydrogens is 458 g/mol. The van der Waals surface area contributed by atoms with Gasteiger partial charge in [-0.3, -0.25) is 4.98 Å². The fourth-order valence-electron chi connectivity index (χ4n) is 6.16. The summed E-state index contributed by atoms with van der Waals surface area (Å²) in [5, 5.41) is 7.69. The number of benzene rings is 5. The van der Waals surface area contributed by atoms with Gasteiger partial charge in [-0.25, -0.2) is 0 Å². The summed E-state index contributed by atoms with van der Waals surface area (Å²) in [5.74, 6) is 0.638. The molecule has 1 aliphatic rings. The van der Waals surface area contributed by atoms with E-state index in [-0.39, 0.29) is 0 Å². The zero-order valence-corrected chi connectivity index (χ0v) is 21.6. The van der Waals surface area contributed by atoms with E-state index in [1.54, 1.807) is 0 Å². The molecule has 0 bridgehead atoms. The molecule has 182 valence electrons. The lowest BCUT2D eigenvalue weighted by Crippen LogP contribution is -1.99. The minimum Gasteiger partial charge on any atom is -0.256 e. The molecule has 0 N–H and O–H groups in total. The number of pyridine rings is 1. The van der Waals surface area contributed by atoms with Crippen molar-refractivity contribution < 1.29 is 0 Å². The van der Waals surface area contributed by atoms with E-state index >= 15 is 0 Å². The molecule has 1 aliphatic carbocycles. The van der Waals surface area contributed by atoms with Gasteiger partial charge < -0.3 is 0 Å². The summed E-state index contributed by atoms with van der Waals surface area (Å²) in [5.41, 5.74) is 7.41. The van der Waals surface area contributed by atoms with Crippen molar-refractivity contribution in [3.05, 3.63) is 133 Å². The Morgan fingerprint density at radius 2 is 1.18 bits per heavy atom. The maximum Gasteiger partial charge on any atom is 0.0708 e. The van der Waals surface area contributed by atoms with E-state index in [4.69, 9.17) is 0 Å².